The van der Waals surface area contributed by atoms with Crippen LogP contribution >= 0.6 is 11.8 Å². The van der Waals surface area contributed by atoms with E-state index in [9.17, 15) is 4.79 Å². The van der Waals surface area contributed by atoms with E-state index in [0.29, 0.717) is 17.3 Å². The van der Waals surface area contributed by atoms with Crippen molar-refractivity contribution in [1.82, 2.24) is 15.3 Å². The summed E-state index contributed by atoms with van der Waals surface area (Å²) in [6.07, 6.45) is 2.51. The molecule has 5 nitrogen and oxygen atoms in total. The molecule has 0 bridgehead atoms. The summed E-state index contributed by atoms with van der Waals surface area (Å²) in [6.45, 7) is 4.04. The first-order valence-corrected chi connectivity index (χ1v) is 8.88. The van der Waals surface area contributed by atoms with E-state index in [1.165, 1.54) is 11.8 Å². The van der Waals surface area contributed by atoms with Gasteiger partial charge in [0.15, 0.2) is 11.6 Å². The van der Waals surface area contributed by atoms with E-state index in [1.807, 2.05) is 44.2 Å². The number of carbonyl (C=O) groups is 1. The Morgan fingerprint density at radius 2 is 2.08 bits per heavy atom. The molecule has 0 aliphatic heterocycles. The number of para-hydroxylation sites is 1. The number of aromatic nitrogens is 2. The maximum absolute atomic E-state index is 12.0. The molecule has 1 atom stereocenters. The van der Waals surface area contributed by atoms with Gasteiger partial charge in [-0.2, -0.15) is 0 Å². The normalized spacial score (nSPS) is 12.2. The predicted molar refractivity (Wildman–Crippen MR) is 95.9 cm³/mol. The molecule has 24 heavy (non-hydrogen) atoms. The first kappa shape index (κ1) is 16.5. The van der Waals surface area contributed by atoms with E-state index < -0.39 is 0 Å². The number of furan rings is 1. The number of carbonyl (C=O) groups excluding carboxylic acids is 1. The number of nitrogens with one attached hydrogen (secondary N) is 1. The second-order valence-corrected chi connectivity index (χ2v) is 6.48. The summed E-state index contributed by atoms with van der Waals surface area (Å²) in [7, 11) is 0. The summed E-state index contributed by atoms with van der Waals surface area (Å²) in [5, 5.41) is 4.69. The Balaban J connectivity index is 1.87. The minimum atomic E-state index is 0.0107. The average molecular weight is 341 g/mol. The zero-order valence-electron chi connectivity index (χ0n) is 13.7. The molecule has 1 N–H and O–H groups in total. The van der Waals surface area contributed by atoms with Gasteiger partial charge in [0.05, 0.1) is 17.5 Å². The highest BCUT2D eigenvalue weighted by Gasteiger charge is 2.13. The fraction of sp³-hybridized carbons (Fsp3) is 0.278. The third kappa shape index (κ3) is 3.76. The summed E-state index contributed by atoms with van der Waals surface area (Å²) in [5.74, 6) is 1.48. The lowest BCUT2D eigenvalue weighted by atomic mass is 10.2. The van der Waals surface area contributed by atoms with Crippen molar-refractivity contribution < 1.29 is 9.21 Å². The fourth-order valence-electron chi connectivity index (χ4n) is 2.23. The largest absolute Gasteiger partial charge is 0.461 e. The summed E-state index contributed by atoms with van der Waals surface area (Å²) < 4.78 is 5.40. The van der Waals surface area contributed by atoms with E-state index in [1.54, 1.807) is 12.3 Å². The molecule has 0 saturated heterocycles. The quantitative estimate of drug-likeness (QED) is 0.544. The number of fused-ring (bicyclic) bond motifs is 1. The number of rotatable bonds is 6. The van der Waals surface area contributed by atoms with Crippen LogP contribution in [0.15, 0.2) is 52.1 Å². The molecule has 0 aliphatic carbocycles. The van der Waals surface area contributed by atoms with Gasteiger partial charge in [0.1, 0.15) is 5.03 Å². The van der Waals surface area contributed by atoms with Gasteiger partial charge in [-0.05, 0) is 31.5 Å². The van der Waals surface area contributed by atoms with E-state index in [0.717, 1.165) is 22.3 Å². The van der Waals surface area contributed by atoms with Crippen molar-refractivity contribution in [1.29, 1.82) is 0 Å². The summed E-state index contributed by atoms with van der Waals surface area (Å²) in [4.78, 5) is 21.2. The van der Waals surface area contributed by atoms with Crippen LogP contribution in [0.5, 0.6) is 0 Å². The third-order valence-electron chi connectivity index (χ3n) is 3.67. The van der Waals surface area contributed by atoms with E-state index in [4.69, 9.17) is 4.42 Å². The summed E-state index contributed by atoms with van der Waals surface area (Å²) in [5.41, 5.74) is 0.837. The molecular weight excluding hydrogens is 322 g/mol. The third-order valence-corrected chi connectivity index (χ3v) is 4.66. The van der Waals surface area contributed by atoms with Gasteiger partial charge in [0.25, 0.3) is 0 Å². The van der Waals surface area contributed by atoms with Crippen LogP contribution in [0, 0.1) is 0 Å². The molecule has 1 amide bonds. The Morgan fingerprint density at radius 1 is 1.25 bits per heavy atom. The average Bonchev–Trinajstić information content (AvgIpc) is 3.14. The molecule has 0 spiro atoms. The van der Waals surface area contributed by atoms with Crippen LogP contribution in [0.25, 0.3) is 22.5 Å². The zero-order chi connectivity index (χ0) is 16.9. The maximum atomic E-state index is 12.0. The van der Waals surface area contributed by atoms with Crippen LogP contribution in [-0.2, 0) is 4.79 Å². The van der Waals surface area contributed by atoms with Gasteiger partial charge in [0.2, 0.25) is 5.91 Å². The standard InChI is InChI=1S/C18H19N3O2S/c1-3-12(2)19-16(22)11-24-18-13-7-4-5-8-14(13)20-17(21-18)15-9-6-10-23-15/h4-10,12H,3,11H2,1-2H3,(H,19,22). The van der Waals surface area contributed by atoms with Gasteiger partial charge < -0.3 is 9.73 Å². The zero-order valence-corrected chi connectivity index (χ0v) is 14.5. The molecule has 1 aromatic carbocycles. The highest BCUT2D eigenvalue weighted by atomic mass is 32.2. The topological polar surface area (TPSA) is 68.0 Å². The maximum Gasteiger partial charge on any atom is 0.230 e. The lowest BCUT2D eigenvalue weighted by molar-refractivity contribution is -0.119. The SMILES string of the molecule is CCC(C)NC(=O)CSc1nc(-c2ccco2)nc2ccccc12. The molecule has 0 fully saturated rings. The Morgan fingerprint density at radius 3 is 2.83 bits per heavy atom. The Hall–Kier alpha value is -2.34. The van der Waals surface area contributed by atoms with Crippen molar-refractivity contribution in [2.24, 2.45) is 0 Å². The number of hydrogen-bond acceptors (Lipinski definition) is 5. The molecule has 6 heteroatoms. The minimum Gasteiger partial charge on any atom is -0.461 e. The molecule has 2 aromatic heterocycles. The molecule has 1 unspecified atom stereocenters. The molecular formula is C18H19N3O2S. The number of amides is 1. The molecule has 124 valence electrons. The first-order valence-electron chi connectivity index (χ1n) is 7.90. The Bertz CT molecular complexity index is 833. The van der Waals surface area contributed by atoms with Gasteiger partial charge >= 0.3 is 0 Å². The van der Waals surface area contributed by atoms with Crippen molar-refractivity contribution in [3.8, 4) is 11.6 Å². The molecule has 3 aromatic rings. The highest BCUT2D eigenvalue weighted by Crippen LogP contribution is 2.28. The molecule has 0 aliphatic rings. The van der Waals surface area contributed by atoms with E-state index in [2.05, 4.69) is 15.3 Å². The summed E-state index contributed by atoms with van der Waals surface area (Å²) >= 11 is 1.42. The Kier molecular flexibility index (Phi) is 5.15. The molecule has 0 radical (unpaired) electrons. The van der Waals surface area contributed by atoms with Gasteiger partial charge in [-0.15, -0.1) is 0 Å². The van der Waals surface area contributed by atoms with Crippen molar-refractivity contribution in [3.63, 3.8) is 0 Å². The van der Waals surface area contributed by atoms with Crippen molar-refractivity contribution in [3.05, 3.63) is 42.7 Å². The molecule has 3 rings (SSSR count). The summed E-state index contributed by atoms with van der Waals surface area (Å²) in [6, 6.07) is 11.6. The molecule has 2 heterocycles. The first-order chi connectivity index (χ1) is 11.7. The smallest absolute Gasteiger partial charge is 0.230 e. The van der Waals surface area contributed by atoms with Crippen LogP contribution in [0.2, 0.25) is 0 Å². The second-order valence-electron chi connectivity index (χ2n) is 5.51. The van der Waals surface area contributed by atoms with Gasteiger partial charge in [0, 0.05) is 11.4 Å². The van der Waals surface area contributed by atoms with Crippen LogP contribution < -0.4 is 5.32 Å². The van der Waals surface area contributed by atoms with Crippen LogP contribution in [0.3, 0.4) is 0 Å². The minimum absolute atomic E-state index is 0.0107. The van der Waals surface area contributed by atoms with Crippen LogP contribution in [0.4, 0.5) is 0 Å². The fourth-order valence-corrected chi connectivity index (χ4v) is 3.06. The number of nitrogens with zero attached hydrogens (tertiary/aromatic N) is 2. The number of thioether (sulfide) groups is 1. The van der Waals surface area contributed by atoms with Crippen molar-refractivity contribution in [2.45, 2.75) is 31.3 Å². The van der Waals surface area contributed by atoms with Crippen LogP contribution in [0.1, 0.15) is 20.3 Å². The highest BCUT2D eigenvalue weighted by molar-refractivity contribution is 8.00. The lowest BCUT2D eigenvalue weighted by Gasteiger charge is -2.11. The number of hydrogen-bond donors (Lipinski definition) is 1. The Labute approximate surface area is 144 Å². The second kappa shape index (κ2) is 7.49. The van der Waals surface area contributed by atoms with E-state index >= 15 is 0 Å². The van der Waals surface area contributed by atoms with Crippen LogP contribution in [-0.4, -0.2) is 27.7 Å². The van der Waals surface area contributed by atoms with E-state index in [-0.39, 0.29) is 11.9 Å². The predicted octanol–water partition coefficient (Wildman–Crippen LogP) is 3.90. The van der Waals surface area contributed by atoms with Crippen molar-refractivity contribution >= 4 is 28.6 Å². The van der Waals surface area contributed by atoms with Gasteiger partial charge in [-0.1, -0.05) is 36.9 Å². The van der Waals surface area contributed by atoms with Gasteiger partial charge in [-0.25, -0.2) is 9.97 Å². The lowest BCUT2D eigenvalue weighted by Crippen LogP contribution is -2.33. The monoisotopic (exact) mass is 341 g/mol. The molecule has 0 saturated carbocycles. The van der Waals surface area contributed by atoms with Crippen molar-refractivity contribution in [2.75, 3.05) is 5.75 Å². The van der Waals surface area contributed by atoms with Gasteiger partial charge in [-0.3, -0.25) is 4.79 Å². The number of benzene rings is 1.